The minimum atomic E-state index is -4.78. The average Bonchev–Trinajstić information content (AvgIpc) is 3.12. The molecule has 7 nitrogen and oxygen atoms in total. The number of rotatable bonds is 6. The summed E-state index contributed by atoms with van der Waals surface area (Å²) in [6.07, 6.45) is -2.72. The van der Waals surface area contributed by atoms with Crippen LogP contribution in [0.2, 0.25) is 0 Å². The summed E-state index contributed by atoms with van der Waals surface area (Å²) in [5, 5.41) is 11.4. The second-order valence-corrected chi connectivity index (χ2v) is 6.08. The van der Waals surface area contributed by atoms with Crippen LogP contribution in [-0.4, -0.2) is 33.6 Å². The number of benzene rings is 1. The molecule has 0 bridgehead atoms. The van der Waals surface area contributed by atoms with Gasteiger partial charge in [0.25, 0.3) is 5.91 Å². The number of aryl methyl sites for hydroxylation is 1. The highest BCUT2D eigenvalue weighted by Crippen LogP contribution is 2.36. The quantitative estimate of drug-likeness (QED) is 0.329. The van der Waals surface area contributed by atoms with Crippen LogP contribution in [0.3, 0.4) is 0 Å². The van der Waals surface area contributed by atoms with Crippen molar-refractivity contribution in [1.82, 2.24) is 14.9 Å². The van der Waals surface area contributed by atoms with Crippen LogP contribution in [0.4, 0.5) is 28.9 Å². The topological polar surface area (TPSA) is 87.9 Å². The van der Waals surface area contributed by atoms with Crippen molar-refractivity contribution in [3.63, 3.8) is 0 Å². The highest BCUT2D eigenvalue weighted by atomic mass is 19.4. The molecule has 3 aromatic rings. The van der Waals surface area contributed by atoms with Gasteiger partial charge in [-0.25, -0.2) is 14.9 Å². The van der Waals surface area contributed by atoms with E-state index in [0.717, 1.165) is 16.9 Å². The van der Waals surface area contributed by atoms with Crippen molar-refractivity contribution in [2.75, 3.05) is 18.5 Å². The van der Waals surface area contributed by atoms with Gasteiger partial charge in [-0.2, -0.15) is 13.2 Å². The Bertz CT molecular complexity index is 1050. The predicted octanol–water partition coefficient (Wildman–Crippen LogP) is 3.20. The third-order valence-corrected chi connectivity index (χ3v) is 3.98. The minimum Gasteiger partial charge on any atom is -0.394 e. The lowest BCUT2D eigenvalue weighted by Crippen LogP contribution is -2.27. The summed E-state index contributed by atoms with van der Waals surface area (Å²) in [6.45, 7) is 1.01. The number of carbonyl (C=O) groups excluding carboxylic acids is 1. The standard InChI is InChI=1S/C18H16F4N4O3/c1-10-2-3-13(12(19)6-10)24-16-11(17(28)25-29-5-4-27)7-15(18(20,21)22)26-9-23-8-14(16)26/h2-3,6-9,24,27H,4-5H2,1H3,(H,25,28). The number of nitrogens with one attached hydrogen (secondary N) is 2. The van der Waals surface area contributed by atoms with Crippen molar-refractivity contribution in [3.8, 4) is 0 Å². The molecule has 0 unspecified atom stereocenters. The number of imidazole rings is 1. The smallest absolute Gasteiger partial charge is 0.394 e. The molecule has 0 aliphatic heterocycles. The van der Waals surface area contributed by atoms with E-state index in [4.69, 9.17) is 9.94 Å². The zero-order valence-corrected chi connectivity index (χ0v) is 15.0. The van der Waals surface area contributed by atoms with E-state index in [1.54, 1.807) is 13.0 Å². The summed E-state index contributed by atoms with van der Waals surface area (Å²) < 4.78 is 55.5. The van der Waals surface area contributed by atoms with Crippen molar-refractivity contribution in [2.45, 2.75) is 13.1 Å². The lowest BCUT2D eigenvalue weighted by Gasteiger charge is -2.18. The summed E-state index contributed by atoms with van der Waals surface area (Å²) >= 11 is 0. The van der Waals surface area contributed by atoms with Gasteiger partial charge in [0.1, 0.15) is 11.5 Å². The van der Waals surface area contributed by atoms with E-state index in [1.165, 1.54) is 12.1 Å². The number of aliphatic hydroxyl groups excluding tert-OH is 1. The van der Waals surface area contributed by atoms with E-state index in [1.807, 2.05) is 5.48 Å². The van der Waals surface area contributed by atoms with Gasteiger partial charge in [-0.05, 0) is 30.7 Å². The summed E-state index contributed by atoms with van der Waals surface area (Å²) in [4.78, 5) is 20.9. The maximum atomic E-state index is 14.3. The van der Waals surface area contributed by atoms with Crippen LogP contribution in [0.25, 0.3) is 5.52 Å². The van der Waals surface area contributed by atoms with Gasteiger partial charge in [-0.15, -0.1) is 0 Å². The summed E-state index contributed by atoms with van der Waals surface area (Å²) in [5.41, 5.74) is 0.789. The number of alkyl halides is 3. The number of aliphatic hydroxyl groups is 1. The number of hydrogen-bond acceptors (Lipinski definition) is 5. The third kappa shape index (κ3) is 4.30. The second kappa shape index (κ2) is 8.05. The molecule has 0 saturated heterocycles. The van der Waals surface area contributed by atoms with E-state index in [0.29, 0.717) is 11.6 Å². The minimum absolute atomic E-state index is 0.0382. The Morgan fingerprint density at radius 3 is 2.72 bits per heavy atom. The van der Waals surface area contributed by atoms with E-state index >= 15 is 0 Å². The maximum absolute atomic E-state index is 14.3. The van der Waals surface area contributed by atoms with Gasteiger partial charge in [0.2, 0.25) is 0 Å². The van der Waals surface area contributed by atoms with Crippen LogP contribution in [0.1, 0.15) is 21.6 Å². The van der Waals surface area contributed by atoms with E-state index in [-0.39, 0.29) is 23.5 Å². The molecule has 2 heterocycles. The first-order valence-corrected chi connectivity index (χ1v) is 8.34. The van der Waals surface area contributed by atoms with E-state index in [2.05, 4.69) is 10.3 Å². The number of carbonyl (C=O) groups is 1. The molecular formula is C18H16F4N4O3. The fraction of sp³-hybridized carbons (Fsp3) is 0.222. The van der Waals surface area contributed by atoms with E-state index in [9.17, 15) is 22.4 Å². The number of pyridine rings is 1. The number of hydrogen-bond donors (Lipinski definition) is 3. The van der Waals surface area contributed by atoms with Crippen molar-refractivity contribution < 1.29 is 32.3 Å². The van der Waals surface area contributed by atoms with Crippen molar-refractivity contribution in [3.05, 3.63) is 59.4 Å². The first-order valence-electron chi connectivity index (χ1n) is 8.34. The fourth-order valence-electron chi connectivity index (χ4n) is 2.69. The van der Waals surface area contributed by atoms with Crippen molar-refractivity contribution in [2.24, 2.45) is 0 Å². The first kappa shape index (κ1) is 20.6. The molecule has 0 spiro atoms. The SMILES string of the molecule is Cc1ccc(Nc2c(C(=O)NOCCO)cc(C(F)(F)F)n3cncc23)c(F)c1. The molecule has 2 aromatic heterocycles. The fourth-order valence-corrected chi connectivity index (χ4v) is 2.69. The highest BCUT2D eigenvalue weighted by molar-refractivity contribution is 6.03. The number of fused-ring (bicyclic) bond motifs is 1. The maximum Gasteiger partial charge on any atom is 0.431 e. The van der Waals surface area contributed by atoms with Gasteiger partial charge in [-0.3, -0.25) is 14.0 Å². The Kier molecular flexibility index (Phi) is 5.71. The van der Waals surface area contributed by atoms with Crippen LogP contribution in [0.15, 0.2) is 36.8 Å². The lowest BCUT2D eigenvalue weighted by atomic mass is 10.1. The van der Waals surface area contributed by atoms with Crippen LogP contribution in [-0.2, 0) is 11.0 Å². The number of halogens is 4. The van der Waals surface area contributed by atoms with Crippen LogP contribution in [0, 0.1) is 12.7 Å². The molecule has 0 fully saturated rings. The van der Waals surface area contributed by atoms with Gasteiger partial charge in [0.15, 0.2) is 0 Å². The van der Waals surface area contributed by atoms with Gasteiger partial charge >= 0.3 is 6.18 Å². The van der Waals surface area contributed by atoms with Crippen LogP contribution >= 0.6 is 0 Å². The Morgan fingerprint density at radius 1 is 1.31 bits per heavy atom. The molecule has 0 atom stereocenters. The van der Waals surface area contributed by atoms with Gasteiger partial charge in [0, 0.05) is 0 Å². The molecule has 29 heavy (non-hydrogen) atoms. The second-order valence-electron chi connectivity index (χ2n) is 6.08. The Labute approximate surface area is 161 Å². The first-order chi connectivity index (χ1) is 13.7. The predicted molar refractivity (Wildman–Crippen MR) is 95.1 cm³/mol. The molecule has 0 radical (unpaired) electrons. The largest absolute Gasteiger partial charge is 0.431 e. The Morgan fingerprint density at radius 2 is 2.07 bits per heavy atom. The Hall–Kier alpha value is -3.18. The molecular weight excluding hydrogens is 396 g/mol. The molecule has 1 amide bonds. The molecule has 154 valence electrons. The Balaban J connectivity index is 2.16. The van der Waals surface area contributed by atoms with Gasteiger partial charge < -0.3 is 10.4 Å². The number of amides is 1. The molecule has 0 aliphatic carbocycles. The monoisotopic (exact) mass is 412 g/mol. The number of hydroxylamine groups is 1. The van der Waals surface area contributed by atoms with E-state index < -0.39 is 35.8 Å². The molecule has 3 rings (SSSR count). The van der Waals surface area contributed by atoms with Gasteiger partial charge in [0.05, 0.1) is 48.2 Å². The summed E-state index contributed by atoms with van der Waals surface area (Å²) in [5.74, 6) is -1.66. The summed E-state index contributed by atoms with van der Waals surface area (Å²) in [6, 6.07) is 4.86. The van der Waals surface area contributed by atoms with Crippen molar-refractivity contribution in [1.29, 1.82) is 0 Å². The third-order valence-electron chi connectivity index (χ3n) is 3.98. The summed E-state index contributed by atoms with van der Waals surface area (Å²) in [7, 11) is 0. The normalized spacial score (nSPS) is 11.7. The van der Waals surface area contributed by atoms with Gasteiger partial charge in [-0.1, -0.05) is 6.07 Å². The number of anilines is 2. The molecule has 3 N–H and O–H groups in total. The zero-order chi connectivity index (χ0) is 21.2. The number of nitrogens with zero attached hydrogens (tertiary/aromatic N) is 2. The van der Waals surface area contributed by atoms with Crippen LogP contribution < -0.4 is 10.8 Å². The highest BCUT2D eigenvalue weighted by Gasteiger charge is 2.36. The van der Waals surface area contributed by atoms with Crippen LogP contribution in [0.5, 0.6) is 0 Å². The molecule has 1 aromatic carbocycles. The number of aromatic nitrogens is 2. The molecule has 0 aliphatic rings. The average molecular weight is 412 g/mol. The zero-order valence-electron chi connectivity index (χ0n) is 15.0. The van der Waals surface area contributed by atoms with Crippen molar-refractivity contribution >= 4 is 22.8 Å². The molecule has 0 saturated carbocycles. The molecule has 11 heteroatoms. The lowest BCUT2D eigenvalue weighted by molar-refractivity contribution is -0.142.